The van der Waals surface area contributed by atoms with E-state index in [9.17, 15) is 18.7 Å². The summed E-state index contributed by atoms with van der Waals surface area (Å²) in [6, 6.07) is 0. The minimum absolute atomic E-state index is 0.652. The number of carbonyl (C=O) groups excluding carboxylic acids is 1. The van der Waals surface area contributed by atoms with Gasteiger partial charge in [-0.05, 0) is 6.92 Å². The van der Waals surface area contributed by atoms with Crippen LogP contribution in [0.15, 0.2) is 0 Å². The van der Waals surface area contributed by atoms with E-state index in [1.54, 1.807) is 0 Å². The van der Waals surface area contributed by atoms with E-state index in [1.807, 2.05) is 0 Å². The molecule has 0 rings (SSSR count). The molecule has 1 unspecified atom stereocenters. The van der Waals surface area contributed by atoms with E-state index in [0.717, 1.165) is 21.0 Å². The van der Waals surface area contributed by atoms with Gasteiger partial charge in [0, 0.05) is 0 Å². The average Bonchev–Trinajstić information content (AvgIpc) is 1.99. The molecule has 0 aromatic heterocycles. The Balaban J connectivity index is 4.74. The Morgan fingerprint density at radius 1 is 1.38 bits per heavy atom. The molecule has 0 bridgehead atoms. The highest BCUT2D eigenvalue weighted by atomic mass is 19.3. The summed E-state index contributed by atoms with van der Waals surface area (Å²) in [4.78, 5) is 10.8. The molecule has 3 nitrogen and oxygen atoms in total. The van der Waals surface area contributed by atoms with Crippen molar-refractivity contribution in [2.24, 2.45) is 5.41 Å². The molecule has 0 heterocycles. The maximum atomic E-state index is 12.9. The van der Waals surface area contributed by atoms with Crippen LogP contribution in [0.1, 0.15) is 20.8 Å². The second kappa shape index (κ2) is 3.57. The summed E-state index contributed by atoms with van der Waals surface area (Å²) < 4.78 is 29.9. The lowest BCUT2D eigenvalue weighted by atomic mass is 9.80. The molecular formula is C8H14F2O3. The van der Waals surface area contributed by atoms with Crippen LogP contribution in [-0.4, -0.2) is 30.2 Å². The lowest BCUT2D eigenvalue weighted by Gasteiger charge is -2.33. The van der Waals surface area contributed by atoms with Crippen LogP contribution in [0.5, 0.6) is 0 Å². The number of hydrogen-bond donors (Lipinski definition) is 1. The first-order valence-corrected chi connectivity index (χ1v) is 3.78. The number of halogens is 2. The molecule has 0 fully saturated rings. The summed E-state index contributed by atoms with van der Waals surface area (Å²) in [5.41, 5.74) is -1.83. The van der Waals surface area contributed by atoms with Gasteiger partial charge in [0.15, 0.2) is 6.10 Å². The summed E-state index contributed by atoms with van der Waals surface area (Å²) in [5, 5.41) is 9.23. The van der Waals surface area contributed by atoms with Gasteiger partial charge in [-0.15, -0.1) is 0 Å². The Hall–Kier alpha value is -0.710. The molecule has 1 N–H and O–H groups in total. The van der Waals surface area contributed by atoms with Crippen molar-refractivity contribution >= 4 is 5.97 Å². The van der Waals surface area contributed by atoms with Crippen LogP contribution in [0.3, 0.4) is 0 Å². The Labute approximate surface area is 75.7 Å². The number of carbonyl (C=O) groups is 1. The van der Waals surface area contributed by atoms with E-state index in [0.29, 0.717) is 6.92 Å². The van der Waals surface area contributed by atoms with Gasteiger partial charge < -0.3 is 9.84 Å². The monoisotopic (exact) mass is 196 g/mol. The van der Waals surface area contributed by atoms with Gasteiger partial charge in [-0.25, -0.2) is 13.6 Å². The van der Waals surface area contributed by atoms with Crippen LogP contribution in [0, 0.1) is 5.41 Å². The molecule has 0 radical (unpaired) electrons. The Morgan fingerprint density at radius 2 is 1.77 bits per heavy atom. The predicted octanol–water partition coefficient (Wildman–Crippen LogP) is 1.20. The highest BCUT2D eigenvalue weighted by Crippen LogP contribution is 2.38. The fourth-order valence-corrected chi connectivity index (χ4v) is 0.646. The molecule has 0 aromatic carbocycles. The van der Waals surface area contributed by atoms with Crippen molar-refractivity contribution in [3.63, 3.8) is 0 Å². The smallest absolute Gasteiger partial charge is 0.335 e. The molecule has 0 amide bonds. The summed E-state index contributed by atoms with van der Waals surface area (Å²) in [6.45, 7) is 2.86. The second-order valence-electron chi connectivity index (χ2n) is 3.54. The van der Waals surface area contributed by atoms with Crippen LogP contribution < -0.4 is 0 Å². The van der Waals surface area contributed by atoms with E-state index in [-0.39, 0.29) is 0 Å². The van der Waals surface area contributed by atoms with Gasteiger partial charge in [0.05, 0.1) is 12.5 Å². The molecule has 0 aromatic rings. The normalized spacial score (nSPS) is 15.3. The number of rotatable bonds is 3. The summed E-state index contributed by atoms with van der Waals surface area (Å²) in [6.07, 6.45) is -1.82. The lowest BCUT2D eigenvalue weighted by molar-refractivity contribution is -0.180. The van der Waals surface area contributed by atoms with Gasteiger partial charge >= 0.3 is 5.97 Å². The minimum Gasteiger partial charge on any atom is -0.467 e. The first-order valence-electron chi connectivity index (χ1n) is 3.78. The van der Waals surface area contributed by atoms with Gasteiger partial charge in [-0.3, -0.25) is 0 Å². The quantitative estimate of drug-likeness (QED) is 0.690. The third kappa shape index (κ3) is 2.37. The highest BCUT2D eigenvalue weighted by Gasteiger charge is 2.50. The van der Waals surface area contributed by atoms with Crippen LogP contribution in [0.4, 0.5) is 8.78 Å². The molecule has 13 heavy (non-hydrogen) atoms. The Morgan fingerprint density at radius 3 is 2.00 bits per heavy atom. The van der Waals surface area contributed by atoms with Gasteiger partial charge in [-0.1, -0.05) is 13.8 Å². The average molecular weight is 196 g/mol. The van der Waals surface area contributed by atoms with Gasteiger partial charge in [0.2, 0.25) is 0 Å². The fourth-order valence-electron chi connectivity index (χ4n) is 0.646. The zero-order valence-electron chi connectivity index (χ0n) is 8.10. The molecule has 0 saturated carbocycles. The fraction of sp³-hybridized carbons (Fsp3) is 0.875. The predicted molar refractivity (Wildman–Crippen MR) is 42.4 cm³/mol. The third-order valence-corrected chi connectivity index (χ3v) is 2.24. The number of aliphatic hydroxyl groups is 1. The number of aliphatic hydroxyl groups excluding tert-OH is 1. The molecular weight excluding hydrogens is 182 g/mol. The summed E-state index contributed by atoms with van der Waals surface area (Å²) in [7, 11) is 1.04. The number of esters is 1. The topological polar surface area (TPSA) is 46.5 Å². The number of ether oxygens (including phenoxy) is 1. The molecule has 0 aliphatic carbocycles. The minimum atomic E-state index is -3.15. The van der Waals surface area contributed by atoms with E-state index in [2.05, 4.69) is 4.74 Å². The van der Waals surface area contributed by atoms with E-state index in [1.165, 1.54) is 0 Å². The van der Waals surface area contributed by atoms with E-state index < -0.39 is 23.4 Å². The standard InChI is InChI=1S/C8H14F2O3/c1-7(2,8(3,9)10)5(11)6(12)13-4/h5,11H,1-4H3. The largest absolute Gasteiger partial charge is 0.467 e. The molecule has 5 heteroatoms. The van der Waals surface area contributed by atoms with Crippen molar-refractivity contribution in [2.75, 3.05) is 7.11 Å². The SMILES string of the molecule is COC(=O)C(O)C(C)(C)C(C)(F)F. The lowest BCUT2D eigenvalue weighted by Crippen LogP contribution is -2.48. The van der Waals surface area contributed by atoms with Gasteiger partial charge in [0.25, 0.3) is 5.92 Å². The van der Waals surface area contributed by atoms with Crippen LogP contribution >= 0.6 is 0 Å². The van der Waals surface area contributed by atoms with Crippen molar-refractivity contribution in [1.29, 1.82) is 0 Å². The number of methoxy groups -OCH3 is 1. The maximum absolute atomic E-state index is 12.9. The molecule has 0 aliphatic heterocycles. The summed E-state index contributed by atoms with van der Waals surface area (Å²) in [5.74, 6) is -4.20. The summed E-state index contributed by atoms with van der Waals surface area (Å²) >= 11 is 0. The Bertz CT molecular complexity index is 196. The molecule has 0 saturated heterocycles. The van der Waals surface area contributed by atoms with E-state index >= 15 is 0 Å². The van der Waals surface area contributed by atoms with Gasteiger partial charge in [0.1, 0.15) is 0 Å². The van der Waals surface area contributed by atoms with E-state index in [4.69, 9.17) is 0 Å². The third-order valence-electron chi connectivity index (χ3n) is 2.24. The molecule has 0 aliphatic rings. The first kappa shape index (κ1) is 12.3. The van der Waals surface area contributed by atoms with Crippen LogP contribution in [-0.2, 0) is 9.53 Å². The number of hydrogen-bond acceptors (Lipinski definition) is 3. The van der Waals surface area contributed by atoms with Crippen molar-refractivity contribution in [3.05, 3.63) is 0 Å². The Kier molecular flexibility index (Phi) is 3.38. The molecule has 0 spiro atoms. The van der Waals surface area contributed by atoms with Gasteiger partial charge in [-0.2, -0.15) is 0 Å². The highest BCUT2D eigenvalue weighted by molar-refractivity contribution is 5.75. The second-order valence-corrected chi connectivity index (χ2v) is 3.54. The van der Waals surface area contributed by atoms with Crippen LogP contribution in [0.25, 0.3) is 0 Å². The zero-order chi connectivity index (χ0) is 10.9. The van der Waals surface area contributed by atoms with Crippen molar-refractivity contribution in [3.8, 4) is 0 Å². The van der Waals surface area contributed by atoms with Crippen molar-refractivity contribution in [1.82, 2.24) is 0 Å². The molecule has 78 valence electrons. The number of alkyl halides is 2. The zero-order valence-corrected chi connectivity index (χ0v) is 8.10. The molecule has 1 atom stereocenters. The first-order chi connectivity index (χ1) is 5.64. The van der Waals surface area contributed by atoms with Crippen molar-refractivity contribution in [2.45, 2.75) is 32.8 Å². The maximum Gasteiger partial charge on any atom is 0.335 e. The van der Waals surface area contributed by atoms with Crippen LogP contribution in [0.2, 0.25) is 0 Å². The van der Waals surface area contributed by atoms with Crippen molar-refractivity contribution < 1.29 is 23.4 Å².